The zero-order valence-corrected chi connectivity index (χ0v) is 12.8. The third-order valence-electron chi connectivity index (χ3n) is 3.56. The molecule has 5 heteroatoms. The van der Waals surface area contributed by atoms with Crippen LogP contribution in [0.2, 0.25) is 0 Å². The van der Waals surface area contributed by atoms with Crippen molar-refractivity contribution >= 4 is 12.1 Å². The van der Waals surface area contributed by atoms with Crippen molar-refractivity contribution in [3.8, 4) is 0 Å². The quantitative estimate of drug-likeness (QED) is 0.862. The maximum atomic E-state index is 12.3. The van der Waals surface area contributed by atoms with Gasteiger partial charge in [0.15, 0.2) is 0 Å². The predicted molar refractivity (Wildman–Crippen MR) is 78.5 cm³/mol. The molecule has 114 valence electrons. The molecule has 0 spiro atoms. The molecule has 0 saturated carbocycles. The van der Waals surface area contributed by atoms with Crippen LogP contribution in [0, 0.1) is 0 Å². The normalized spacial score (nSPS) is 18.1. The third kappa shape index (κ3) is 3.17. The lowest BCUT2D eigenvalue weighted by Gasteiger charge is -2.36. The maximum Gasteiger partial charge on any atom is 0.410 e. The summed E-state index contributed by atoms with van der Waals surface area (Å²) in [5.74, 6) is -0.968. The van der Waals surface area contributed by atoms with Gasteiger partial charge >= 0.3 is 12.1 Å². The summed E-state index contributed by atoms with van der Waals surface area (Å²) < 4.78 is 5.40. The van der Waals surface area contributed by atoms with Gasteiger partial charge in [0.25, 0.3) is 0 Å². The summed E-state index contributed by atoms with van der Waals surface area (Å²) in [6, 6.07) is 4.94. The Morgan fingerprint density at radius 3 is 2.57 bits per heavy atom. The van der Waals surface area contributed by atoms with Crippen molar-refractivity contribution in [3.63, 3.8) is 0 Å². The fraction of sp³-hybridized carbons (Fsp3) is 0.500. The second kappa shape index (κ2) is 5.39. The first-order chi connectivity index (χ1) is 9.70. The molecule has 1 unspecified atom stereocenters. The van der Waals surface area contributed by atoms with Crippen LogP contribution in [-0.2, 0) is 11.2 Å². The number of carbonyl (C=O) groups excluding carboxylic acids is 1. The van der Waals surface area contributed by atoms with Crippen LogP contribution in [-0.4, -0.2) is 34.2 Å². The zero-order valence-electron chi connectivity index (χ0n) is 12.8. The molecule has 0 radical (unpaired) electrons. The van der Waals surface area contributed by atoms with Gasteiger partial charge in [-0.2, -0.15) is 0 Å². The molecule has 0 bridgehead atoms. The highest BCUT2D eigenvalue weighted by molar-refractivity contribution is 5.90. The van der Waals surface area contributed by atoms with E-state index in [1.54, 1.807) is 17.0 Å². The number of nitrogens with zero attached hydrogens (tertiary/aromatic N) is 1. The minimum absolute atomic E-state index is 0.258. The molecule has 21 heavy (non-hydrogen) atoms. The van der Waals surface area contributed by atoms with Gasteiger partial charge in [-0.15, -0.1) is 0 Å². The van der Waals surface area contributed by atoms with Crippen LogP contribution in [0.25, 0.3) is 0 Å². The first-order valence-corrected chi connectivity index (χ1v) is 7.05. The molecule has 1 N–H and O–H groups in total. The van der Waals surface area contributed by atoms with Crippen molar-refractivity contribution in [2.24, 2.45) is 0 Å². The molecule has 0 aromatic heterocycles. The van der Waals surface area contributed by atoms with Crippen molar-refractivity contribution in [1.29, 1.82) is 0 Å². The van der Waals surface area contributed by atoms with E-state index < -0.39 is 17.7 Å². The van der Waals surface area contributed by atoms with Crippen LogP contribution >= 0.6 is 0 Å². The molecule has 1 atom stereocenters. The summed E-state index contributed by atoms with van der Waals surface area (Å²) in [5.41, 5.74) is 1.39. The Labute approximate surface area is 124 Å². The largest absolute Gasteiger partial charge is 0.478 e. The monoisotopic (exact) mass is 291 g/mol. The Morgan fingerprint density at radius 1 is 1.33 bits per heavy atom. The number of benzene rings is 1. The van der Waals surface area contributed by atoms with Crippen molar-refractivity contribution in [3.05, 3.63) is 34.9 Å². The average molecular weight is 291 g/mol. The molecule has 1 aromatic rings. The van der Waals surface area contributed by atoms with Gasteiger partial charge < -0.3 is 14.7 Å². The number of amides is 1. The number of hydrogen-bond acceptors (Lipinski definition) is 3. The van der Waals surface area contributed by atoms with E-state index in [1.165, 1.54) is 0 Å². The van der Waals surface area contributed by atoms with Gasteiger partial charge in [-0.3, -0.25) is 0 Å². The number of carbonyl (C=O) groups is 2. The number of rotatable bonds is 1. The zero-order chi connectivity index (χ0) is 15.8. The highest BCUT2D eigenvalue weighted by Gasteiger charge is 2.33. The van der Waals surface area contributed by atoms with Gasteiger partial charge in [0.2, 0.25) is 0 Å². The van der Waals surface area contributed by atoms with Crippen LogP contribution in [0.4, 0.5) is 4.79 Å². The summed E-state index contributed by atoms with van der Waals surface area (Å²) in [4.78, 5) is 25.3. The molecular formula is C16H21NO4. The standard InChI is InChI=1S/C16H21NO4/c1-10-13-11(6-5-7-12(13)14(18)19)8-9-17(10)15(20)21-16(2,3)4/h5-7,10H,8-9H2,1-4H3,(H,18,19). The summed E-state index contributed by atoms with van der Waals surface area (Å²) in [6.45, 7) is 7.82. The Morgan fingerprint density at radius 2 is 2.00 bits per heavy atom. The maximum absolute atomic E-state index is 12.3. The van der Waals surface area contributed by atoms with Gasteiger partial charge in [-0.25, -0.2) is 9.59 Å². The highest BCUT2D eigenvalue weighted by atomic mass is 16.6. The number of carboxylic acid groups (broad SMARTS) is 1. The predicted octanol–water partition coefficient (Wildman–Crippen LogP) is 3.24. The minimum Gasteiger partial charge on any atom is -0.478 e. The number of fused-ring (bicyclic) bond motifs is 1. The number of hydrogen-bond donors (Lipinski definition) is 1. The van der Waals surface area contributed by atoms with Crippen LogP contribution in [0.1, 0.15) is 55.2 Å². The molecule has 2 rings (SSSR count). The first kappa shape index (κ1) is 15.4. The smallest absolute Gasteiger partial charge is 0.410 e. The van der Waals surface area contributed by atoms with Crippen molar-refractivity contribution in [2.45, 2.75) is 45.8 Å². The first-order valence-electron chi connectivity index (χ1n) is 7.05. The van der Waals surface area contributed by atoms with Gasteiger partial charge in [0.05, 0.1) is 11.6 Å². The van der Waals surface area contributed by atoms with Crippen molar-refractivity contribution in [1.82, 2.24) is 4.90 Å². The fourth-order valence-corrected chi connectivity index (χ4v) is 2.67. The van der Waals surface area contributed by atoms with Gasteiger partial charge in [-0.05, 0) is 51.3 Å². The lowest BCUT2D eigenvalue weighted by molar-refractivity contribution is 0.0156. The van der Waals surface area contributed by atoms with Crippen LogP contribution in [0.15, 0.2) is 18.2 Å². The SMILES string of the molecule is CC1c2c(cccc2C(=O)O)CCN1C(=O)OC(C)(C)C. The van der Waals surface area contributed by atoms with E-state index in [4.69, 9.17) is 4.74 Å². The molecule has 1 heterocycles. The Balaban J connectivity index is 2.34. The molecule has 1 amide bonds. The Bertz CT molecular complexity index is 574. The van der Waals surface area contributed by atoms with Gasteiger partial charge in [0, 0.05) is 6.54 Å². The Kier molecular flexibility index (Phi) is 3.94. The summed E-state index contributed by atoms with van der Waals surface area (Å²) >= 11 is 0. The van der Waals surface area contributed by atoms with E-state index in [-0.39, 0.29) is 11.6 Å². The van der Waals surface area contributed by atoms with E-state index in [0.29, 0.717) is 18.5 Å². The van der Waals surface area contributed by atoms with E-state index in [9.17, 15) is 14.7 Å². The van der Waals surface area contributed by atoms with Gasteiger partial charge in [-0.1, -0.05) is 12.1 Å². The second-order valence-corrected chi connectivity index (χ2v) is 6.28. The average Bonchev–Trinajstić information content (AvgIpc) is 2.36. The number of aromatic carboxylic acids is 1. The van der Waals surface area contributed by atoms with Gasteiger partial charge in [0.1, 0.15) is 5.60 Å². The molecule has 1 aliphatic heterocycles. The third-order valence-corrected chi connectivity index (χ3v) is 3.56. The molecule has 0 aliphatic carbocycles. The summed E-state index contributed by atoms with van der Waals surface area (Å²) in [7, 11) is 0. The lowest BCUT2D eigenvalue weighted by Crippen LogP contribution is -2.42. The van der Waals surface area contributed by atoms with E-state index in [1.807, 2.05) is 33.8 Å². The van der Waals surface area contributed by atoms with Crippen LogP contribution < -0.4 is 0 Å². The molecule has 0 saturated heterocycles. The second-order valence-electron chi connectivity index (χ2n) is 6.28. The minimum atomic E-state index is -0.968. The topological polar surface area (TPSA) is 66.8 Å². The van der Waals surface area contributed by atoms with Crippen molar-refractivity contribution in [2.75, 3.05) is 6.54 Å². The fourth-order valence-electron chi connectivity index (χ4n) is 2.67. The number of ether oxygens (including phenoxy) is 1. The van der Waals surface area contributed by atoms with E-state index in [2.05, 4.69) is 0 Å². The van der Waals surface area contributed by atoms with E-state index >= 15 is 0 Å². The Hall–Kier alpha value is -2.04. The highest BCUT2D eigenvalue weighted by Crippen LogP contribution is 2.33. The molecule has 5 nitrogen and oxygen atoms in total. The van der Waals surface area contributed by atoms with Crippen LogP contribution in [0.3, 0.4) is 0 Å². The summed E-state index contributed by atoms with van der Waals surface area (Å²) in [5, 5.41) is 9.34. The summed E-state index contributed by atoms with van der Waals surface area (Å²) in [6.07, 6.45) is 0.237. The van der Waals surface area contributed by atoms with Crippen molar-refractivity contribution < 1.29 is 19.4 Å². The number of carboxylic acids is 1. The molecular weight excluding hydrogens is 270 g/mol. The lowest BCUT2D eigenvalue weighted by atomic mass is 9.89. The van der Waals surface area contributed by atoms with Crippen LogP contribution in [0.5, 0.6) is 0 Å². The molecule has 0 fully saturated rings. The van der Waals surface area contributed by atoms with E-state index in [0.717, 1.165) is 5.56 Å². The molecule has 1 aliphatic rings. The molecule has 1 aromatic carbocycles.